The SMILES string of the molecule is Cc1c(OCc2ccccc2)ccc(C=O)c1Cl. The number of rotatable bonds is 4. The first kappa shape index (κ1) is 12.7. The molecule has 3 heteroatoms. The molecule has 0 aliphatic heterocycles. The molecule has 2 aromatic carbocycles. The minimum atomic E-state index is 0.454. The molecular weight excluding hydrogens is 248 g/mol. The van der Waals surface area contributed by atoms with E-state index in [1.807, 2.05) is 37.3 Å². The number of carbonyl (C=O) groups is 1. The van der Waals surface area contributed by atoms with Crippen molar-refractivity contribution in [2.45, 2.75) is 13.5 Å². The van der Waals surface area contributed by atoms with Crippen LogP contribution in [0.5, 0.6) is 5.75 Å². The Morgan fingerprint density at radius 3 is 2.56 bits per heavy atom. The zero-order valence-corrected chi connectivity index (χ0v) is 10.8. The van der Waals surface area contributed by atoms with E-state index < -0.39 is 0 Å². The molecule has 0 amide bonds. The highest BCUT2D eigenvalue weighted by Crippen LogP contribution is 2.28. The van der Waals surface area contributed by atoms with E-state index >= 15 is 0 Å². The maximum absolute atomic E-state index is 10.7. The van der Waals surface area contributed by atoms with Crippen molar-refractivity contribution < 1.29 is 9.53 Å². The second kappa shape index (κ2) is 5.69. The van der Waals surface area contributed by atoms with Gasteiger partial charge in [-0.3, -0.25) is 4.79 Å². The van der Waals surface area contributed by atoms with Crippen LogP contribution < -0.4 is 4.74 Å². The number of carbonyl (C=O) groups excluding carboxylic acids is 1. The summed E-state index contributed by atoms with van der Waals surface area (Å²) < 4.78 is 5.70. The van der Waals surface area contributed by atoms with Gasteiger partial charge in [0, 0.05) is 11.1 Å². The Hall–Kier alpha value is -1.80. The first-order chi connectivity index (χ1) is 8.72. The molecule has 0 aliphatic rings. The molecule has 0 bridgehead atoms. The van der Waals surface area contributed by atoms with Crippen LogP contribution in [0.1, 0.15) is 21.5 Å². The fourth-order valence-electron chi connectivity index (χ4n) is 1.67. The van der Waals surface area contributed by atoms with Gasteiger partial charge >= 0.3 is 0 Å². The van der Waals surface area contributed by atoms with Crippen LogP contribution in [0.25, 0.3) is 0 Å². The van der Waals surface area contributed by atoms with Crippen LogP contribution in [0.15, 0.2) is 42.5 Å². The maximum Gasteiger partial charge on any atom is 0.151 e. The molecule has 2 nitrogen and oxygen atoms in total. The third-order valence-corrected chi connectivity index (χ3v) is 3.23. The smallest absolute Gasteiger partial charge is 0.151 e. The first-order valence-electron chi connectivity index (χ1n) is 5.63. The van der Waals surface area contributed by atoms with E-state index in [0.29, 0.717) is 22.9 Å². The summed E-state index contributed by atoms with van der Waals surface area (Å²) in [7, 11) is 0. The molecule has 2 rings (SSSR count). The molecule has 0 saturated carbocycles. The minimum absolute atomic E-state index is 0.454. The zero-order chi connectivity index (χ0) is 13.0. The summed E-state index contributed by atoms with van der Waals surface area (Å²) in [4.78, 5) is 10.7. The number of aldehydes is 1. The minimum Gasteiger partial charge on any atom is -0.489 e. The lowest BCUT2D eigenvalue weighted by Crippen LogP contribution is -1.98. The fourth-order valence-corrected chi connectivity index (χ4v) is 1.87. The van der Waals surface area contributed by atoms with Gasteiger partial charge in [0.15, 0.2) is 6.29 Å². The Kier molecular flexibility index (Phi) is 4.00. The Labute approximate surface area is 111 Å². The lowest BCUT2D eigenvalue weighted by atomic mass is 10.1. The van der Waals surface area contributed by atoms with Gasteiger partial charge in [-0.15, -0.1) is 0 Å². The van der Waals surface area contributed by atoms with Crippen molar-refractivity contribution in [2.24, 2.45) is 0 Å². The molecule has 0 aromatic heterocycles. The second-order valence-electron chi connectivity index (χ2n) is 3.98. The van der Waals surface area contributed by atoms with Crippen LogP contribution in [0.4, 0.5) is 0 Å². The molecule has 0 heterocycles. The van der Waals surface area contributed by atoms with Crippen LogP contribution in [-0.2, 0) is 6.61 Å². The molecule has 92 valence electrons. The van der Waals surface area contributed by atoms with E-state index in [4.69, 9.17) is 16.3 Å². The molecule has 0 fully saturated rings. The van der Waals surface area contributed by atoms with Crippen LogP contribution >= 0.6 is 11.6 Å². The van der Waals surface area contributed by atoms with Gasteiger partial charge < -0.3 is 4.74 Å². The molecular formula is C15H13ClO2. The van der Waals surface area contributed by atoms with E-state index in [9.17, 15) is 4.79 Å². The average molecular weight is 261 g/mol. The highest BCUT2D eigenvalue weighted by molar-refractivity contribution is 6.33. The molecule has 0 N–H and O–H groups in total. The third kappa shape index (κ3) is 2.71. The number of halogens is 1. The van der Waals surface area contributed by atoms with Crippen molar-refractivity contribution in [1.29, 1.82) is 0 Å². The lowest BCUT2D eigenvalue weighted by Gasteiger charge is -2.11. The maximum atomic E-state index is 10.7. The van der Waals surface area contributed by atoms with E-state index in [-0.39, 0.29) is 0 Å². The van der Waals surface area contributed by atoms with Gasteiger partial charge in [-0.25, -0.2) is 0 Å². The molecule has 0 saturated heterocycles. The monoisotopic (exact) mass is 260 g/mol. The summed E-state index contributed by atoms with van der Waals surface area (Å²) in [6, 6.07) is 13.3. The third-order valence-electron chi connectivity index (χ3n) is 2.73. The van der Waals surface area contributed by atoms with Crippen molar-refractivity contribution in [3.05, 3.63) is 64.2 Å². The van der Waals surface area contributed by atoms with E-state index in [1.54, 1.807) is 12.1 Å². The quantitative estimate of drug-likeness (QED) is 0.776. The standard InChI is InChI=1S/C15H13ClO2/c1-11-14(8-7-13(9-17)15(11)16)18-10-12-5-3-2-4-6-12/h2-9H,10H2,1H3. The molecule has 0 aliphatic carbocycles. The van der Waals surface area contributed by atoms with Crippen molar-refractivity contribution in [1.82, 2.24) is 0 Å². The Morgan fingerprint density at radius 1 is 1.17 bits per heavy atom. The van der Waals surface area contributed by atoms with Crippen LogP contribution in [0, 0.1) is 6.92 Å². The van der Waals surface area contributed by atoms with Gasteiger partial charge in [0.1, 0.15) is 12.4 Å². The molecule has 0 atom stereocenters. The van der Waals surface area contributed by atoms with Gasteiger partial charge in [-0.2, -0.15) is 0 Å². The first-order valence-corrected chi connectivity index (χ1v) is 6.01. The summed E-state index contributed by atoms with van der Waals surface area (Å²) in [5, 5.41) is 0.454. The summed E-state index contributed by atoms with van der Waals surface area (Å²) in [5.41, 5.74) is 2.37. The highest BCUT2D eigenvalue weighted by Gasteiger charge is 2.08. The molecule has 2 aromatic rings. The molecule has 0 unspecified atom stereocenters. The summed E-state index contributed by atoms with van der Waals surface area (Å²) >= 11 is 6.07. The Balaban J connectivity index is 2.15. The van der Waals surface area contributed by atoms with Gasteiger partial charge in [0.25, 0.3) is 0 Å². The Bertz CT molecular complexity index is 550. The molecule has 0 spiro atoms. The van der Waals surface area contributed by atoms with Gasteiger partial charge in [-0.1, -0.05) is 41.9 Å². The predicted molar refractivity (Wildman–Crippen MR) is 72.4 cm³/mol. The number of hydrogen-bond donors (Lipinski definition) is 0. The summed E-state index contributed by atoms with van der Waals surface area (Å²) in [6.07, 6.45) is 0.746. The van der Waals surface area contributed by atoms with Crippen molar-refractivity contribution in [3.63, 3.8) is 0 Å². The Morgan fingerprint density at radius 2 is 1.89 bits per heavy atom. The topological polar surface area (TPSA) is 26.3 Å². The van der Waals surface area contributed by atoms with Crippen molar-refractivity contribution >= 4 is 17.9 Å². The van der Waals surface area contributed by atoms with Crippen molar-refractivity contribution in [2.75, 3.05) is 0 Å². The zero-order valence-electron chi connectivity index (χ0n) is 10.0. The van der Waals surface area contributed by atoms with E-state index in [0.717, 1.165) is 17.4 Å². The highest BCUT2D eigenvalue weighted by atomic mass is 35.5. The lowest BCUT2D eigenvalue weighted by molar-refractivity contribution is 0.112. The van der Waals surface area contributed by atoms with Gasteiger partial charge in [0.05, 0.1) is 5.02 Å². The summed E-state index contributed by atoms with van der Waals surface area (Å²) in [5.74, 6) is 0.703. The molecule has 18 heavy (non-hydrogen) atoms. The average Bonchev–Trinajstić information content (AvgIpc) is 2.42. The fraction of sp³-hybridized carbons (Fsp3) is 0.133. The number of ether oxygens (including phenoxy) is 1. The number of hydrogen-bond acceptors (Lipinski definition) is 2. The van der Waals surface area contributed by atoms with Crippen LogP contribution in [0.3, 0.4) is 0 Å². The van der Waals surface area contributed by atoms with E-state index in [1.165, 1.54) is 0 Å². The second-order valence-corrected chi connectivity index (χ2v) is 4.36. The van der Waals surface area contributed by atoms with E-state index in [2.05, 4.69) is 0 Å². The van der Waals surface area contributed by atoms with Crippen molar-refractivity contribution in [3.8, 4) is 5.75 Å². The van der Waals surface area contributed by atoms with Gasteiger partial charge in [0.2, 0.25) is 0 Å². The molecule has 0 radical (unpaired) electrons. The predicted octanol–water partition coefficient (Wildman–Crippen LogP) is 4.04. The number of benzene rings is 2. The summed E-state index contributed by atoms with van der Waals surface area (Å²) in [6.45, 7) is 2.33. The van der Waals surface area contributed by atoms with Gasteiger partial charge in [-0.05, 0) is 24.6 Å². The normalized spacial score (nSPS) is 10.1. The van der Waals surface area contributed by atoms with Crippen LogP contribution in [-0.4, -0.2) is 6.29 Å². The largest absolute Gasteiger partial charge is 0.489 e. The van der Waals surface area contributed by atoms with Crippen LogP contribution in [0.2, 0.25) is 5.02 Å².